The Balaban J connectivity index is 1.59. The molecular weight excluding hydrogens is 356 g/mol. The van der Waals surface area contributed by atoms with Crippen LogP contribution in [0.2, 0.25) is 0 Å². The van der Waals surface area contributed by atoms with Crippen LogP contribution in [0.25, 0.3) is 0 Å². The average Bonchev–Trinajstić information content (AvgIpc) is 2.68. The molecule has 0 aliphatic heterocycles. The first-order valence-electron chi connectivity index (χ1n) is 11.6. The van der Waals surface area contributed by atoms with Gasteiger partial charge in [-0.15, -0.1) is 0 Å². The summed E-state index contributed by atoms with van der Waals surface area (Å²) in [5.74, 6) is 0.570. The van der Waals surface area contributed by atoms with Crippen molar-refractivity contribution in [2.24, 2.45) is 0 Å². The fourth-order valence-electron chi connectivity index (χ4n) is 5.66. The van der Waals surface area contributed by atoms with Crippen LogP contribution in [0.15, 0.2) is 36.4 Å². The van der Waals surface area contributed by atoms with Gasteiger partial charge in [-0.1, -0.05) is 73.2 Å². The maximum Gasteiger partial charge on any atom is 0.0608 e. The highest BCUT2D eigenvalue weighted by Gasteiger charge is 2.26. The number of hydrogen-bond acceptors (Lipinski definition) is 2. The Hall–Kier alpha value is -1.64. The first kappa shape index (κ1) is 20.6. The molecule has 2 fully saturated rings. The maximum atomic E-state index is 10.5. The van der Waals surface area contributed by atoms with E-state index in [0.29, 0.717) is 0 Å². The molecule has 4 atom stereocenters. The first-order valence-corrected chi connectivity index (χ1v) is 11.6. The van der Waals surface area contributed by atoms with Gasteiger partial charge in [-0.2, -0.15) is 0 Å². The normalized spacial score (nSPS) is 27.7. The van der Waals surface area contributed by atoms with Crippen LogP contribution < -0.4 is 0 Å². The van der Waals surface area contributed by atoms with Gasteiger partial charge in [0.25, 0.3) is 0 Å². The van der Waals surface area contributed by atoms with E-state index in [-0.39, 0.29) is 24.0 Å². The van der Waals surface area contributed by atoms with E-state index < -0.39 is 0 Å². The van der Waals surface area contributed by atoms with E-state index in [4.69, 9.17) is 0 Å². The van der Waals surface area contributed by atoms with Crippen LogP contribution in [0.5, 0.6) is 0 Å². The zero-order valence-electron chi connectivity index (χ0n) is 18.0. The Morgan fingerprint density at radius 2 is 1.03 bits per heavy atom. The van der Waals surface area contributed by atoms with Crippen LogP contribution in [0, 0.1) is 13.8 Å². The van der Waals surface area contributed by atoms with Gasteiger partial charge in [-0.3, -0.25) is 0 Å². The number of aryl methyl sites for hydroxylation is 2. The molecule has 29 heavy (non-hydrogen) atoms. The molecule has 0 bridgehead atoms. The van der Waals surface area contributed by atoms with Crippen molar-refractivity contribution in [3.63, 3.8) is 0 Å². The lowest BCUT2D eigenvalue weighted by molar-refractivity contribution is 0.106. The van der Waals surface area contributed by atoms with Crippen molar-refractivity contribution in [1.29, 1.82) is 0 Å². The van der Waals surface area contributed by atoms with Crippen molar-refractivity contribution in [1.82, 2.24) is 0 Å². The van der Waals surface area contributed by atoms with Crippen LogP contribution in [-0.4, -0.2) is 22.4 Å². The van der Waals surface area contributed by atoms with E-state index in [0.717, 1.165) is 44.9 Å². The van der Waals surface area contributed by atoms with Gasteiger partial charge in [0.05, 0.1) is 12.2 Å². The molecule has 2 aromatic rings. The predicted molar refractivity (Wildman–Crippen MR) is 120 cm³/mol. The smallest absolute Gasteiger partial charge is 0.0608 e. The summed E-state index contributed by atoms with van der Waals surface area (Å²) < 4.78 is 0. The molecule has 2 heteroatoms. The predicted octanol–water partition coefficient (Wildman–Crippen LogP) is 5.93. The van der Waals surface area contributed by atoms with Crippen LogP contribution in [0.4, 0.5) is 0 Å². The standard InChI is InChI=1S/C27H36O2/c1-18-11-20(16-22(13-18)24-7-3-5-9-26(24)28)15-21-12-19(2)14-23(17-21)25-8-4-6-10-27(25)29/h11-14,16-17,24-29H,3-10,15H2,1-2H3. The lowest BCUT2D eigenvalue weighted by Crippen LogP contribution is -2.23. The van der Waals surface area contributed by atoms with Gasteiger partial charge in [-0.25, -0.2) is 0 Å². The zero-order valence-corrected chi connectivity index (χ0v) is 18.0. The Morgan fingerprint density at radius 1 is 0.621 bits per heavy atom. The Kier molecular flexibility index (Phi) is 6.41. The molecule has 0 aromatic heterocycles. The van der Waals surface area contributed by atoms with E-state index in [2.05, 4.69) is 50.2 Å². The minimum absolute atomic E-state index is 0.197. The SMILES string of the molecule is Cc1cc(Cc2cc(C)cc(C3CCCCC3O)c2)cc(C2CCCCC2O)c1. The van der Waals surface area contributed by atoms with Crippen molar-refractivity contribution in [3.05, 3.63) is 69.8 Å². The summed E-state index contributed by atoms with van der Waals surface area (Å²) in [4.78, 5) is 0. The molecule has 0 heterocycles. The number of benzene rings is 2. The summed E-state index contributed by atoms with van der Waals surface area (Å²) in [7, 11) is 0. The van der Waals surface area contributed by atoms with Crippen molar-refractivity contribution in [2.45, 2.75) is 95.7 Å². The third-order valence-corrected chi connectivity index (χ3v) is 7.04. The number of aliphatic hydroxyl groups excluding tert-OH is 2. The Labute approximate surface area is 176 Å². The highest BCUT2D eigenvalue weighted by molar-refractivity contribution is 5.39. The van der Waals surface area contributed by atoms with Gasteiger partial charge in [0, 0.05) is 11.8 Å². The number of aliphatic hydroxyl groups is 2. The minimum atomic E-state index is -0.197. The van der Waals surface area contributed by atoms with E-state index in [1.54, 1.807) is 0 Å². The summed E-state index contributed by atoms with van der Waals surface area (Å²) in [5.41, 5.74) is 7.85. The van der Waals surface area contributed by atoms with Crippen LogP contribution in [0.1, 0.15) is 96.6 Å². The Bertz CT molecular complexity index is 771. The third kappa shape index (κ3) is 4.92. The minimum Gasteiger partial charge on any atom is -0.392 e. The second-order valence-corrected chi connectivity index (χ2v) is 9.60. The highest BCUT2D eigenvalue weighted by Crippen LogP contribution is 2.36. The van der Waals surface area contributed by atoms with Crippen LogP contribution in [0.3, 0.4) is 0 Å². The molecule has 2 aliphatic rings. The van der Waals surface area contributed by atoms with Crippen LogP contribution >= 0.6 is 0 Å². The van der Waals surface area contributed by atoms with Crippen molar-refractivity contribution >= 4 is 0 Å². The van der Waals surface area contributed by atoms with Crippen molar-refractivity contribution in [3.8, 4) is 0 Å². The van der Waals surface area contributed by atoms with E-state index >= 15 is 0 Å². The average molecular weight is 393 g/mol. The van der Waals surface area contributed by atoms with Gasteiger partial charge in [0.15, 0.2) is 0 Å². The second kappa shape index (κ2) is 9.02. The maximum absolute atomic E-state index is 10.5. The van der Waals surface area contributed by atoms with Crippen molar-refractivity contribution < 1.29 is 10.2 Å². The lowest BCUT2D eigenvalue weighted by Gasteiger charge is -2.29. The summed E-state index contributed by atoms with van der Waals surface area (Å²) in [6.07, 6.45) is 9.30. The van der Waals surface area contributed by atoms with Gasteiger partial charge in [0.1, 0.15) is 0 Å². The topological polar surface area (TPSA) is 40.5 Å². The van der Waals surface area contributed by atoms with Crippen molar-refractivity contribution in [2.75, 3.05) is 0 Å². The Morgan fingerprint density at radius 3 is 1.45 bits per heavy atom. The lowest BCUT2D eigenvalue weighted by atomic mass is 9.79. The molecule has 0 spiro atoms. The molecular formula is C27H36O2. The number of rotatable bonds is 4. The molecule has 4 rings (SSSR count). The second-order valence-electron chi connectivity index (χ2n) is 9.60. The van der Waals surface area contributed by atoms with Gasteiger partial charge in [0.2, 0.25) is 0 Å². The molecule has 2 N–H and O–H groups in total. The summed E-state index contributed by atoms with van der Waals surface area (Å²) in [6, 6.07) is 13.8. The molecule has 0 radical (unpaired) electrons. The molecule has 2 aromatic carbocycles. The fourth-order valence-corrected chi connectivity index (χ4v) is 5.66. The summed E-state index contributed by atoms with van der Waals surface area (Å²) >= 11 is 0. The zero-order chi connectivity index (χ0) is 20.4. The molecule has 2 saturated carbocycles. The molecule has 156 valence electrons. The monoisotopic (exact) mass is 392 g/mol. The van der Waals surface area contributed by atoms with Gasteiger partial charge >= 0.3 is 0 Å². The number of hydrogen-bond donors (Lipinski definition) is 2. The third-order valence-electron chi connectivity index (χ3n) is 7.04. The molecule has 2 aliphatic carbocycles. The van der Waals surface area contributed by atoms with Gasteiger partial charge < -0.3 is 10.2 Å². The van der Waals surface area contributed by atoms with E-state index in [1.165, 1.54) is 46.2 Å². The molecule has 4 unspecified atom stereocenters. The molecule has 2 nitrogen and oxygen atoms in total. The molecule has 0 saturated heterocycles. The highest BCUT2D eigenvalue weighted by atomic mass is 16.3. The van der Waals surface area contributed by atoms with E-state index in [9.17, 15) is 10.2 Å². The fraction of sp³-hybridized carbons (Fsp3) is 0.556. The molecule has 0 amide bonds. The largest absolute Gasteiger partial charge is 0.392 e. The van der Waals surface area contributed by atoms with Crippen LogP contribution in [-0.2, 0) is 6.42 Å². The van der Waals surface area contributed by atoms with Gasteiger partial charge in [-0.05, 0) is 68.2 Å². The quantitative estimate of drug-likeness (QED) is 0.677. The summed E-state index contributed by atoms with van der Waals surface area (Å²) in [5, 5.41) is 21.0. The first-order chi connectivity index (χ1) is 14.0. The summed E-state index contributed by atoms with van der Waals surface area (Å²) in [6.45, 7) is 4.34. The van der Waals surface area contributed by atoms with E-state index in [1.807, 2.05) is 0 Å².